The maximum atomic E-state index is 11.3. The number of hydrogen-bond donors (Lipinski definition) is 1. The summed E-state index contributed by atoms with van der Waals surface area (Å²) < 4.78 is 47.3. The molecule has 1 spiro atoms. The van der Waals surface area contributed by atoms with Gasteiger partial charge in [0.2, 0.25) is 0 Å². The van der Waals surface area contributed by atoms with Gasteiger partial charge in [-0.05, 0) is 35.3 Å². The van der Waals surface area contributed by atoms with Gasteiger partial charge in [-0.3, -0.25) is 9.45 Å². The van der Waals surface area contributed by atoms with Crippen molar-refractivity contribution in [3.8, 4) is 11.5 Å². The van der Waals surface area contributed by atoms with E-state index < -0.39 is 10.4 Å². The van der Waals surface area contributed by atoms with Gasteiger partial charge < -0.3 is 13.7 Å². The first-order valence-corrected chi connectivity index (χ1v) is 9.79. The van der Waals surface area contributed by atoms with Crippen molar-refractivity contribution < 1.29 is 26.6 Å². The fraction of sp³-hybridized carbons (Fsp3) is 0.444. The molecule has 1 aromatic rings. The van der Waals surface area contributed by atoms with Gasteiger partial charge in [0.1, 0.15) is 0 Å². The van der Waals surface area contributed by atoms with Gasteiger partial charge in [-0.2, -0.15) is 8.42 Å². The van der Waals surface area contributed by atoms with Gasteiger partial charge in [-0.15, -0.1) is 0 Å². The standard InChI is InChI=1S/C18H21NO6S/c1-23-14-4-3-13-6-8-19-7-5-12-9-16(24-2)17(25-26(20,21)22)10-15(12)18(13,19)11-14/h3-4,6,9-10,14H,5,7-8,11H2,1-2H3,(H,20,21,22)/t14-,18-/m0/s1. The molecule has 2 atom stereocenters. The van der Waals surface area contributed by atoms with Crippen LogP contribution in [0.5, 0.6) is 11.5 Å². The van der Waals surface area contributed by atoms with Crippen molar-refractivity contribution in [3.05, 3.63) is 47.1 Å². The number of hydrogen-bond acceptors (Lipinski definition) is 6. The van der Waals surface area contributed by atoms with Gasteiger partial charge >= 0.3 is 10.4 Å². The van der Waals surface area contributed by atoms with Crippen molar-refractivity contribution >= 4 is 10.4 Å². The van der Waals surface area contributed by atoms with Gasteiger partial charge in [0.15, 0.2) is 11.5 Å². The molecule has 0 amide bonds. The van der Waals surface area contributed by atoms with E-state index in [-0.39, 0.29) is 23.1 Å². The molecule has 0 saturated carbocycles. The van der Waals surface area contributed by atoms with E-state index in [9.17, 15) is 8.42 Å². The molecule has 1 N–H and O–H groups in total. The Morgan fingerprint density at radius 2 is 2.08 bits per heavy atom. The van der Waals surface area contributed by atoms with Crippen LogP contribution in [0.25, 0.3) is 0 Å². The monoisotopic (exact) mass is 379 g/mol. The van der Waals surface area contributed by atoms with E-state index in [4.69, 9.17) is 18.2 Å². The van der Waals surface area contributed by atoms with E-state index in [1.54, 1.807) is 19.2 Å². The van der Waals surface area contributed by atoms with E-state index >= 15 is 0 Å². The molecule has 0 unspecified atom stereocenters. The molecule has 0 bridgehead atoms. The number of nitrogens with zero attached hydrogens (tertiary/aromatic N) is 1. The maximum absolute atomic E-state index is 11.3. The molecule has 7 nitrogen and oxygen atoms in total. The van der Waals surface area contributed by atoms with Gasteiger partial charge in [0.25, 0.3) is 0 Å². The normalized spacial score (nSPS) is 27.3. The quantitative estimate of drug-likeness (QED) is 0.799. The largest absolute Gasteiger partial charge is 0.493 e. The van der Waals surface area contributed by atoms with E-state index in [0.29, 0.717) is 0 Å². The fourth-order valence-electron chi connectivity index (χ4n) is 4.41. The zero-order valence-corrected chi connectivity index (χ0v) is 15.5. The lowest BCUT2D eigenvalue weighted by Crippen LogP contribution is -2.51. The molecular formula is C18H21NO6S. The van der Waals surface area contributed by atoms with Crippen molar-refractivity contribution in [1.82, 2.24) is 4.90 Å². The lowest BCUT2D eigenvalue weighted by Gasteiger charge is -2.48. The van der Waals surface area contributed by atoms with Crippen LogP contribution < -0.4 is 8.92 Å². The third-order valence-corrected chi connectivity index (χ3v) is 5.91. The van der Waals surface area contributed by atoms with Crippen LogP contribution >= 0.6 is 0 Å². The third kappa shape index (κ3) is 2.64. The molecule has 140 valence electrons. The highest BCUT2D eigenvalue weighted by Gasteiger charge is 2.50. The zero-order valence-electron chi connectivity index (χ0n) is 14.6. The number of fused-ring (bicyclic) bond motifs is 1. The van der Waals surface area contributed by atoms with Crippen molar-refractivity contribution in [3.63, 3.8) is 0 Å². The Kier molecular flexibility index (Phi) is 4.11. The van der Waals surface area contributed by atoms with E-state index in [1.165, 1.54) is 12.7 Å². The molecular weight excluding hydrogens is 358 g/mol. The molecule has 3 aliphatic rings. The van der Waals surface area contributed by atoms with Gasteiger partial charge in [0.05, 0.1) is 18.8 Å². The van der Waals surface area contributed by atoms with Crippen LogP contribution in [0.1, 0.15) is 17.5 Å². The summed E-state index contributed by atoms with van der Waals surface area (Å²) in [4.78, 5) is 2.38. The first kappa shape index (κ1) is 17.5. The van der Waals surface area contributed by atoms with Crippen LogP contribution in [0.3, 0.4) is 0 Å². The zero-order chi connectivity index (χ0) is 18.5. The summed E-state index contributed by atoms with van der Waals surface area (Å²) in [6, 6.07) is 3.48. The van der Waals surface area contributed by atoms with Crippen molar-refractivity contribution in [2.24, 2.45) is 0 Å². The summed E-state index contributed by atoms with van der Waals surface area (Å²) in [5.74, 6) is 0.268. The lowest BCUT2D eigenvalue weighted by molar-refractivity contribution is 0.0514. The van der Waals surface area contributed by atoms with Crippen molar-refractivity contribution in [2.45, 2.75) is 24.5 Å². The van der Waals surface area contributed by atoms with Crippen LogP contribution in [0, 0.1) is 0 Å². The molecule has 0 saturated heterocycles. The highest BCUT2D eigenvalue weighted by Crippen LogP contribution is 2.52. The van der Waals surface area contributed by atoms with E-state index in [0.717, 1.165) is 37.1 Å². The molecule has 26 heavy (non-hydrogen) atoms. The average Bonchev–Trinajstić information content (AvgIpc) is 2.98. The molecule has 2 heterocycles. The highest BCUT2D eigenvalue weighted by molar-refractivity contribution is 7.81. The molecule has 2 aliphatic heterocycles. The highest BCUT2D eigenvalue weighted by atomic mass is 32.3. The molecule has 0 fully saturated rings. The second-order valence-electron chi connectivity index (χ2n) is 6.72. The van der Waals surface area contributed by atoms with Crippen LogP contribution in [0.15, 0.2) is 35.9 Å². The third-order valence-electron chi connectivity index (χ3n) is 5.52. The Labute approximate surface area is 152 Å². The minimum absolute atomic E-state index is 0.0141. The first-order valence-electron chi connectivity index (χ1n) is 8.42. The Morgan fingerprint density at radius 3 is 2.77 bits per heavy atom. The Bertz CT molecular complexity index is 907. The molecule has 8 heteroatoms. The topological polar surface area (TPSA) is 85.3 Å². The molecule has 4 rings (SSSR count). The summed E-state index contributed by atoms with van der Waals surface area (Å²) >= 11 is 0. The van der Waals surface area contributed by atoms with E-state index in [1.807, 2.05) is 6.08 Å². The summed E-state index contributed by atoms with van der Waals surface area (Å²) in [7, 11) is -1.53. The number of methoxy groups -OCH3 is 2. The fourth-order valence-corrected chi connectivity index (χ4v) is 4.76. The average molecular weight is 379 g/mol. The first-order chi connectivity index (χ1) is 12.4. The second kappa shape index (κ2) is 6.09. The smallest absolute Gasteiger partial charge is 0.446 e. The maximum Gasteiger partial charge on any atom is 0.446 e. The summed E-state index contributed by atoms with van der Waals surface area (Å²) in [5, 5.41) is 0. The predicted octanol–water partition coefficient (Wildman–Crippen LogP) is 1.85. The Morgan fingerprint density at radius 1 is 1.27 bits per heavy atom. The van der Waals surface area contributed by atoms with Crippen molar-refractivity contribution in [1.29, 1.82) is 0 Å². The number of benzene rings is 1. The van der Waals surface area contributed by atoms with Crippen molar-refractivity contribution in [2.75, 3.05) is 27.3 Å². The summed E-state index contributed by atoms with van der Waals surface area (Å²) in [5.41, 5.74) is 2.85. The molecule has 1 aliphatic carbocycles. The lowest BCUT2D eigenvalue weighted by atomic mass is 9.71. The van der Waals surface area contributed by atoms with Gasteiger partial charge in [0, 0.05) is 26.6 Å². The van der Waals surface area contributed by atoms with E-state index in [2.05, 4.69) is 17.1 Å². The minimum atomic E-state index is -4.65. The van der Waals surface area contributed by atoms with Crippen LogP contribution in [-0.2, 0) is 27.1 Å². The van der Waals surface area contributed by atoms with Crippen LogP contribution in [0.4, 0.5) is 0 Å². The van der Waals surface area contributed by atoms with Gasteiger partial charge in [-0.1, -0.05) is 18.2 Å². The second-order valence-corrected chi connectivity index (χ2v) is 7.75. The number of rotatable bonds is 4. The summed E-state index contributed by atoms with van der Waals surface area (Å²) in [6.07, 6.45) is 7.85. The Balaban J connectivity index is 1.90. The number of ether oxygens (including phenoxy) is 2. The molecule has 0 aromatic heterocycles. The SMILES string of the molecule is COc1cc2c(cc1OS(=O)(=O)O)[C@]13C[C@@H](OC)C=CC1=CCN3CC2. The minimum Gasteiger partial charge on any atom is -0.493 e. The Hall–Kier alpha value is -1.87. The van der Waals surface area contributed by atoms with Gasteiger partial charge in [-0.25, -0.2) is 0 Å². The van der Waals surface area contributed by atoms with Crippen LogP contribution in [-0.4, -0.2) is 51.3 Å². The molecule has 0 radical (unpaired) electrons. The van der Waals surface area contributed by atoms with Crippen LogP contribution in [0.2, 0.25) is 0 Å². The molecule has 1 aromatic carbocycles. The summed E-state index contributed by atoms with van der Waals surface area (Å²) in [6.45, 7) is 1.72. The predicted molar refractivity (Wildman–Crippen MR) is 94.8 cm³/mol.